The summed E-state index contributed by atoms with van der Waals surface area (Å²) in [4.78, 5) is 37.5. The van der Waals surface area contributed by atoms with Gasteiger partial charge in [-0.2, -0.15) is 0 Å². The highest BCUT2D eigenvalue weighted by atomic mass is 16.5. The Morgan fingerprint density at radius 3 is 1.98 bits per heavy atom. The molecule has 0 unspecified atom stereocenters. The van der Waals surface area contributed by atoms with E-state index in [0.717, 1.165) is 11.1 Å². The van der Waals surface area contributed by atoms with Crippen molar-refractivity contribution in [2.75, 3.05) is 10.6 Å². The molecule has 10 nitrogen and oxygen atoms in total. The van der Waals surface area contributed by atoms with Crippen LogP contribution in [0.25, 0.3) is 22.3 Å². The van der Waals surface area contributed by atoms with Gasteiger partial charge in [0, 0.05) is 5.56 Å². The van der Waals surface area contributed by atoms with Gasteiger partial charge in [0.2, 0.25) is 11.2 Å². The molecule has 0 aliphatic carbocycles. The Morgan fingerprint density at radius 2 is 1.36 bits per heavy atom. The van der Waals surface area contributed by atoms with Crippen molar-refractivity contribution in [2.45, 2.75) is 20.1 Å². The number of benzene rings is 4. The van der Waals surface area contributed by atoms with Gasteiger partial charge in [-0.15, -0.1) is 0 Å². The number of carbonyl (C=O) groups is 2. The molecule has 0 aliphatic heterocycles. The van der Waals surface area contributed by atoms with Crippen molar-refractivity contribution >= 4 is 34.4 Å². The molecule has 212 valence electrons. The molecule has 1 aromatic heterocycles. The Bertz CT molecular complexity index is 1820. The van der Waals surface area contributed by atoms with Crippen molar-refractivity contribution < 1.29 is 23.5 Å². The average Bonchev–Trinajstić information content (AvgIpc) is 2.97. The Kier molecular flexibility index (Phi) is 8.05. The van der Waals surface area contributed by atoms with E-state index in [4.69, 9.17) is 25.4 Å². The molecular weight excluding hydrogens is 536 g/mol. The highest BCUT2D eigenvalue weighted by Gasteiger charge is 2.22. The monoisotopic (exact) mass is 564 g/mol. The number of primary amides is 2. The van der Waals surface area contributed by atoms with Gasteiger partial charge in [0.15, 0.2) is 11.3 Å². The molecule has 0 saturated carbocycles. The molecule has 4 aromatic carbocycles. The predicted molar refractivity (Wildman–Crippen MR) is 161 cm³/mol. The van der Waals surface area contributed by atoms with Crippen molar-refractivity contribution in [3.8, 4) is 22.8 Å². The van der Waals surface area contributed by atoms with Crippen LogP contribution in [0.15, 0.2) is 100 Å². The lowest BCUT2D eigenvalue weighted by Crippen LogP contribution is -2.20. The fourth-order valence-electron chi connectivity index (χ4n) is 4.46. The zero-order valence-corrected chi connectivity index (χ0v) is 22.7. The van der Waals surface area contributed by atoms with Crippen LogP contribution < -0.4 is 37.0 Å². The van der Waals surface area contributed by atoms with Crippen LogP contribution in [0.3, 0.4) is 0 Å². The molecule has 0 saturated heterocycles. The SMILES string of the molecule is Cc1cc(NC(N)=O)c2oc(-c3ccc(OCc4ccccc4)c(NC(N)=O)c3)c(OCc3ccccc3)c(=O)c2c1. The minimum atomic E-state index is -0.816. The van der Waals surface area contributed by atoms with E-state index in [0.29, 0.717) is 16.9 Å². The van der Waals surface area contributed by atoms with Crippen molar-refractivity contribution in [1.29, 1.82) is 0 Å². The zero-order valence-electron chi connectivity index (χ0n) is 22.7. The third kappa shape index (κ3) is 6.34. The highest BCUT2D eigenvalue weighted by molar-refractivity contribution is 5.99. The second-order valence-electron chi connectivity index (χ2n) is 9.52. The molecule has 42 heavy (non-hydrogen) atoms. The minimum absolute atomic E-state index is 0.0510. The van der Waals surface area contributed by atoms with Gasteiger partial charge in [0.25, 0.3) is 0 Å². The highest BCUT2D eigenvalue weighted by Crippen LogP contribution is 2.38. The summed E-state index contributed by atoms with van der Waals surface area (Å²) < 4.78 is 18.3. The lowest BCUT2D eigenvalue weighted by molar-refractivity contribution is 0.258. The van der Waals surface area contributed by atoms with Gasteiger partial charge in [-0.3, -0.25) is 4.79 Å². The molecule has 0 radical (unpaired) electrons. The summed E-state index contributed by atoms with van der Waals surface area (Å²) in [6.45, 7) is 2.11. The van der Waals surface area contributed by atoms with Gasteiger partial charge in [-0.05, 0) is 53.9 Å². The number of rotatable bonds is 9. The van der Waals surface area contributed by atoms with Gasteiger partial charge in [0.1, 0.15) is 19.0 Å². The van der Waals surface area contributed by atoms with E-state index in [1.54, 1.807) is 37.3 Å². The van der Waals surface area contributed by atoms with Crippen LogP contribution in [0, 0.1) is 6.92 Å². The maximum Gasteiger partial charge on any atom is 0.316 e. The number of aryl methyl sites for hydroxylation is 1. The number of nitrogens with one attached hydrogen (secondary N) is 2. The Morgan fingerprint density at radius 1 is 0.762 bits per heavy atom. The van der Waals surface area contributed by atoms with E-state index in [-0.39, 0.29) is 47.1 Å². The van der Waals surface area contributed by atoms with Gasteiger partial charge in [0.05, 0.1) is 16.8 Å². The molecule has 5 rings (SSSR count). The summed E-state index contributed by atoms with van der Waals surface area (Å²) in [5, 5.41) is 5.29. The molecule has 4 amide bonds. The lowest BCUT2D eigenvalue weighted by atomic mass is 10.1. The number of anilines is 2. The Labute approximate surface area is 240 Å². The summed E-state index contributed by atoms with van der Waals surface area (Å²) in [5.41, 5.74) is 13.8. The molecule has 0 fully saturated rings. The first kappa shape index (κ1) is 27.8. The average molecular weight is 565 g/mol. The maximum atomic E-state index is 13.9. The van der Waals surface area contributed by atoms with Crippen LogP contribution in [0.2, 0.25) is 0 Å². The molecule has 0 atom stereocenters. The largest absolute Gasteiger partial charge is 0.487 e. The van der Waals surface area contributed by atoms with Gasteiger partial charge in [-0.25, -0.2) is 9.59 Å². The number of nitrogens with two attached hydrogens (primary N) is 2. The van der Waals surface area contributed by atoms with Crippen molar-refractivity contribution in [3.63, 3.8) is 0 Å². The topological polar surface area (TPSA) is 159 Å². The Hall–Kier alpha value is -5.77. The summed E-state index contributed by atoms with van der Waals surface area (Å²) in [6.07, 6.45) is 0. The normalized spacial score (nSPS) is 10.7. The molecule has 1 heterocycles. The van der Waals surface area contributed by atoms with Gasteiger partial charge >= 0.3 is 12.1 Å². The summed E-state index contributed by atoms with van der Waals surface area (Å²) in [5.74, 6) is 0.370. The number of urea groups is 2. The predicted octanol–water partition coefficient (Wildman–Crippen LogP) is 5.91. The van der Waals surface area contributed by atoms with Crippen molar-refractivity contribution in [2.24, 2.45) is 11.5 Å². The number of ether oxygens (including phenoxy) is 2. The Balaban J connectivity index is 1.64. The zero-order chi connectivity index (χ0) is 29.6. The number of amides is 4. The molecule has 0 aliphatic rings. The van der Waals surface area contributed by atoms with Crippen molar-refractivity contribution in [3.05, 3.63) is 118 Å². The van der Waals surface area contributed by atoms with E-state index in [1.165, 1.54) is 0 Å². The first-order chi connectivity index (χ1) is 20.3. The van der Waals surface area contributed by atoms with Crippen LogP contribution >= 0.6 is 0 Å². The first-order valence-electron chi connectivity index (χ1n) is 13.0. The third-order valence-electron chi connectivity index (χ3n) is 6.32. The second kappa shape index (κ2) is 12.2. The first-order valence-corrected chi connectivity index (χ1v) is 13.0. The standard InChI is InChI=1S/C32H28N4O6/c1-19-14-23-27(37)30(41-18-21-10-6-3-7-11-21)28(42-29(23)25(15-19)36-32(34)39)22-12-13-26(24(16-22)35-31(33)38)40-17-20-8-4-2-5-9-20/h2-16H,17-18H2,1H3,(H3,33,35,38)(H3,34,36,39). The van der Waals surface area contributed by atoms with Crippen LogP contribution in [0.4, 0.5) is 21.0 Å². The van der Waals surface area contributed by atoms with E-state index in [9.17, 15) is 14.4 Å². The molecule has 10 heteroatoms. The quantitative estimate of drug-likeness (QED) is 0.174. The van der Waals surface area contributed by atoms with Crippen LogP contribution in [-0.4, -0.2) is 12.1 Å². The minimum Gasteiger partial charge on any atom is -0.487 e. The third-order valence-corrected chi connectivity index (χ3v) is 6.32. The van der Waals surface area contributed by atoms with E-state index < -0.39 is 17.5 Å². The van der Waals surface area contributed by atoms with Crippen LogP contribution in [0.1, 0.15) is 16.7 Å². The fraction of sp³-hybridized carbons (Fsp3) is 0.0938. The summed E-state index contributed by atoms with van der Waals surface area (Å²) in [6, 6.07) is 25.4. The van der Waals surface area contributed by atoms with Gasteiger partial charge in [-0.1, -0.05) is 60.7 Å². The summed E-state index contributed by atoms with van der Waals surface area (Å²) in [7, 11) is 0. The maximum absolute atomic E-state index is 13.9. The number of fused-ring (bicyclic) bond motifs is 1. The second-order valence-corrected chi connectivity index (χ2v) is 9.52. The molecule has 6 N–H and O–H groups in total. The molecule has 0 spiro atoms. The van der Waals surface area contributed by atoms with Crippen molar-refractivity contribution in [1.82, 2.24) is 0 Å². The summed E-state index contributed by atoms with van der Waals surface area (Å²) >= 11 is 0. The van der Waals surface area contributed by atoms with Gasteiger partial charge < -0.3 is 36.0 Å². The number of hydrogen-bond acceptors (Lipinski definition) is 6. The molecule has 0 bridgehead atoms. The smallest absolute Gasteiger partial charge is 0.316 e. The molecular formula is C32H28N4O6. The van der Waals surface area contributed by atoms with E-state index in [1.807, 2.05) is 60.7 Å². The lowest BCUT2D eigenvalue weighted by Gasteiger charge is -2.16. The van der Waals surface area contributed by atoms with Crippen LogP contribution in [0.5, 0.6) is 11.5 Å². The fourth-order valence-corrected chi connectivity index (χ4v) is 4.46. The van der Waals surface area contributed by atoms with E-state index in [2.05, 4.69) is 10.6 Å². The number of carbonyl (C=O) groups excluding carboxylic acids is 2. The molecule has 5 aromatic rings. The van der Waals surface area contributed by atoms with E-state index >= 15 is 0 Å². The van der Waals surface area contributed by atoms with Crippen LogP contribution in [-0.2, 0) is 13.2 Å². The number of hydrogen-bond donors (Lipinski definition) is 4.